The predicted octanol–water partition coefficient (Wildman–Crippen LogP) is 5.83. The summed E-state index contributed by atoms with van der Waals surface area (Å²) >= 11 is 0. The highest BCUT2D eigenvalue weighted by molar-refractivity contribution is 6.29. The topological polar surface area (TPSA) is 109 Å². The highest BCUT2D eigenvalue weighted by Gasteiger charge is 2.30. The van der Waals surface area contributed by atoms with Gasteiger partial charge >= 0.3 is 11.9 Å². The first kappa shape index (κ1) is 24.8. The van der Waals surface area contributed by atoms with E-state index in [-0.39, 0.29) is 24.4 Å². The summed E-state index contributed by atoms with van der Waals surface area (Å²) in [6.45, 7) is 0. The van der Waals surface area contributed by atoms with Gasteiger partial charge in [-0.1, -0.05) is 60.7 Å². The van der Waals surface area contributed by atoms with Gasteiger partial charge in [0, 0.05) is 35.1 Å². The number of hydrogen-bond donors (Lipinski definition) is 2. The summed E-state index contributed by atoms with van der Waals surface area (Å²) < 4.78 is 0. The zero-order chi connectivity index (χ0) is 26.8. The minimum atomic E-state index is -0.886. The van der Waals surface area contributed by atoms with E-state index in [1.807, 2.05) is 48.5 Å². The van der Waals surface area contributed by atoms with E-state index in [0.717, 1.165) is 33.4 Å². The molecule has 4 aromatic carbocycles. The lowest BCUT2D eigenvalue weighted by Crippen LogP contribution is -2.21. The molecule has 0 spiro atoms. The van der Waals surface area contributed by atoms with Crippen molar-refractivity contribution >= 4 is 23.5 Å². The third-order valence-corrected chi connectivity index (χ3v) is 6.89. The molecule has 0 atom stereocenters. The fourth-order valence-electron chi connectivity index (χ4n) is 5.01. The van der Waals surface area contributed by atoms with Gasteiger partial charge in [-0.25, -0.2) is 0 Å². The Bertz CT molecular complexity index is 1500. The van der Waals surface area contributed by atoms with Crippen molar-refractivity contribution in [3.05, 3.63) is 118 Å². The summed E-state index contributed by atoms with van der Waals surface area (Å²) in [4.78, 5) is 49.3. The molecule has 0 amide bonds. The van der Waals surface area contributed by atoms with Crippen LogP contribution in [0.2, 0.25) is 0 Å². The molecule has 0 saturated carbocycles. The lowest BCUT2D eigenvalue weighted by atomic mass is 9.81. The minimum absolute atomic E-state index is 0.0105. The molecular weight excluding hydrogens is 480 g/mol. The van der Waals surface area contributed by atoms with Crippen LogP contribution in [0.4, 0.5) is 0 Å². The molecule has 0 saturated heterocycles. The molecule has 4 aromatic rings. The van der Waals surface area contributed by atoms with E-state index in [1.54, 1.807) is 36.4 Å². The molecule has 0 fully saturated rings. The van der Waals surface area contributed by atoms with Crippen molar-refractivity contribution in [3.63, 3.8) is 0 Å². The second-order valence-electron chi connectivity index (χ2n) is 9.28. The van der Waals surface area contributed by atoms with Gasteiger partial charge in [0.25, 0.3) is 0 Å². The maximum atomic E-state index is 13.7. The van der Waals surface area contributed by atoms with Gasteiger partial charge in [0.05, 0.1) is 0 Å². The Morgan fingerprint density at radius 1 is 0.500 bits per heavy atom. The number of aliphatic carboxylic acids is 2. The van der Waals surface area contributed by atoms with Crippen LogP contribution in [0, 0.1) is 0 Å². The Morgan fingerprint density at radius 2 is 0.895 bits per heavy atom. The lowest BCUT2D eigenvalue weighted by molar-refractivity contribution is -0.138. The molecule has 0 heterocycles. The van der Waals surface area contributed by atoms with Gasteiger partial charge < -0.3 is 10.2 Å². The van der Waals surface area contributed by atoms with Gasteiger partial charge in [-0.05, 0) is 70.5 Å². The van der Waals surface area contributed by atoms with Crippen molar-refractivity contribution in [1.29, 1.82) is 0 Å². The van der Waals surface area contributed by atoms with Crippen LogP contribution in [-0.4, -0.2) is 33.7 Å². The van der Waals surface area contributed by atoms with Gasteiger partial charge in [-0.2, -0.15) is 0 Å². The maximum absolute atomic E-state index is 13.7. The van der Waals surface area contributed by atoms with E-state index in [0.29, 0.717) is 35.1 Å². The van der Waals surface area contributed by atoms with Crippen molar-refractivity contribution in [1.82, 2.24) is 0 Å². The van der Waals surface area contributed by atoms with Crippen LogP contribution in [0.5, 0.6) is 0 Å². The SMILES string of the molecule is O=C(O)CCc1ccccc1-c1ccc2c(c1)C(=O)c1cc(-c3ccccc3CCC(=O)O)ccc1C2=O. The summed E-state index contributed by atoms with van der Waals surface area (Å²) in [6, 6.07) is 25.3. The molecule has 5 rings (SSSR count). The van der Waals surface area contributed by atoms with E-state index in [4.69, 9.17) is 10.2 Å². The number of rotatable bonds is 8. The van der Waals surface area contributed by atoms with Crippen molar-refractivity contribution in [3.8, 4) is 22.3 Å². The van der Waals surface area contributed by atoms with Crippen LogP contribution in [0.15, 0.2) is 84.9 Å². The number of hydrogen-bond acceptors (Lipinski definition) is 4. The van der Waals surface area contributed by atoms with Crippen LogP contribution in [-0.2, 0) is 22.4 Å². The van der Waals surface area contributed by atoms with E-state index < -0.39 is 11.9 Å². The van der Waals surface area contributed by atoms with Crippen LogP contribution in [0.25, 0.3) is 22.3 Å². The standard InChI is InChI=1S/C32H24O6/c33-29(34)15-11-19-5-1-3-7-23(19)21-9-13-25-27(17-21)32(38)28-18-22(10-14-26(28)31(25)37)24-8-4-2-6-20(24)12-16-30(35)36/h1-10,13-14,17-18H,11-12,15-16H2,(H,33,34)(H,35,36). The summed E-state index contributed by atoms with van der Waals surface area (Å²) in [5, 5.41) is 18.2. The number of fused-ring (bicyclic) bond motifs is 2. The first-order chi connectivity index (χ1) is 18.3. The quantitative estimate of drug-likeness (QED) is 0.275. The molecule has 0 unspecified atom stereocenters. The number of carboxylic acids is 2. The van der Waals surface area contributed by atoms with Crippen molar-refractivity contribution in [2.24, 2.45) is 0 Å². The van der Waals surface area contributed by atoms with E-state index in [9.17, 15) is 19.2 Å². The molecule has 2 N–H and O–H groups in total. The summed E-state index contributed by atoms with van der Waals surface area (Å²) in [6.07, 6.45) is 0.679. The second kappa shape index (κ2) is 10.3. The van der Waals surface area contributed by atoms with Crippen molar-refractivity contribution in [2.75, 3.05) is 0 Å². The van der Waals surface area contributed by atoms with E-state index in [1.165, 1.54) is 0 Å². The maximum Gasteiger partial charge on any atom is 0.303 e. The number of carboxylic acid groups (broad SMARTS) is 2. The summed E-state index contributed by atoms with van der Waals surface area (Å²) in [5.41, 5.74) is 6.12. The average Bonchev–Trinajstić information content (AvgIpc) is 2.93. The third kappa shape index (κ3) is 4.76. The number of benzene rings is 4. The first-order valence-electron chi connectivity index (χ1n) is 12.3. The lowest BCUT2D eigenvalue weighted by Gasteiger charge is -2.20. The fourth-order valence-corrected chi connectivity index (χ4v) is 5.01. The number of ketones is 2. The third-order valence-electron chi connectivity index (χ3n) is 6.89. The molecule has 188 valence electrons. The van der Waals surface area contributed by atoms with Gasteiger partial charge in [-0.15, -0.1) is 0 Å². The zero-order valence-electron chi connectivity index (χ0n) is 20.4. The summed E-state index contributed by atoms with van der Waals surface area (Å²) in [7, 11) is 0. The van der Waals surface area contributed by atoms with Crippen LogP contribution in [0.3, 0.4) is 0 Å². The van der Waals surface area contributed by atoms with Gasteiger partial charge in [0.15, 0.2) is 11.6 Å². The molecular formula is C32H24O6. The normalized spacial score (nSPS) is 12.1. The molecule has 38 heavy (non-hydrogen) atoms. The van der Waals surface area contributed by atoms with Crippen LogP contribution >= 0.6 is 0 Å². The Hall–Kier alpha value is -4.84. The monoisotopic (exact) mass is 504 g/mol. The highest BCUT2D eigenvalue weighted by Crippen LogP contribution is 2.35. The van der Waals surface area contributed by atoms with Crippen LogP contribution < -0.4 is 0 Å². The molecule has 0 bridgehead atoms. The predicted molar refractivity (Wildman–Crippen MR) is 143 cm³/mol. The van der Waals surface area contributed by atoms with Crippen molar-refractivity contribution in [2.45, 2.75) is 25.7 Å². The Labute approximate surface area is 219 Å². The Morgan fingerprint density at radius 3 is 1.32 bits per heavy atom. The van der Waals surface area contributed by atoms with Crippen LogP contribution in [0.1, 0.15) is 55.8 Å². The minimum Gasteiger partial charge on any atom is -0.481 e. The molecule has 0 aliphatic heterocycles. The smallest absolute Gasteiger partial charge is 0.303 e. The molecule has 1 aliphatic rings. The Kier molecular flexibility index (Phi) is 6.71. The Balaban J connectivity index is 1.54. The molecule has 0 radical (unpaired) electrons. The number of carbonyl (C=O) groups excluding carboxylic acids is 2. The van der Waals surface area contributed by atoms with Gasteiger partial charge in [0.1, 0.15) is 0 Å². The second-order valence-corrected chi connectivity index (χ2v) is 9.28. The van der Waals surface area contributed by atoms with Gasteiger partial charge in [0.2, 0.25) is 0 Å². The summed E-state index contributed by atoms with van der Waals surface area (Å²) in [5.74, 6) is -2.26. The number of aryl methyl sites for hydroxylation is 2. The van der Waals surface area contributed by atoms with Gasteiger partial charge in [-0.3, -0.25) is 19.2 Å². The molecule has 0 aromatic heterocycles. The molecule has 6 heteroatoms. The average molecular weight is 505 g/mol. The number of carbonyl (C=O) groups is 4. The molecule has 1 aliphatic carbocycles. The van der Waals surface area contributed by atoms with Crippen molar-refractivity contribution < 1.29 is 29.4 Å². The highest BCUT2D eigenvalue weighted by atomic mass is 16.4. The largest absolute Gasteiger partial charge is 0.481 e. The zero-order valence-corrected chi connectivity index (χ0v) is 20.4. The first-order valence-corrected chi connectivity index (χ1v) is 12.3. The fraction of sp³-hybridized carbons (Fsp3) is 0.125. The van der Waals surface area contributed by atoms with E-state index >= 15 is 0 Å². The van der Waals surface area contributed by atoms with E-state index in [2.05, 4.69) is 0 Å². The molecule has 6 nitrogen and oxygen atoms in total.